The second-order valence-corrected chi connectivity index (χ2v) is 5.52. The standard InChI is InChI=1S/C15H29N5O4.C2H4.CH4.5H2/c1-5-16-7-11(21)18-9-13(23)20-14(10(3)4)15(24)19-8-12(22)17-6-2;1-2;;;;;;/h10,14,16H,5-9H2,1-4H3,(H,17,22)(H,18,21)(H,19,24)(H,20,23);1-2H2;1H4;5*1H/t14-;;;;;;;/m0......./s1. The zero-order valence-electron chi connectivity index (χ0n) is 16.2. The summed E-state index contributed by atoms with van der Waals surface area (Å²) in [7, 11) is 0. The maximum atomic E-state index is 12.1. The fourth-order valence-electron chi connectivity index (χ4n) is 1.78. The maximum absolute atomic E-state index is 12.1. The van der Waals surface area contributed by atoms with E-state index < -0.39 is 17.9 Å². The van der Waals surface area contributed by atoms with Crippen LogP contribution in [0.1, 0.15) is 42.3 Å². The van der Waals surface area contributed by atoms with Crippen molar-refractivity contribution in [3.05, 3.63) is 13.2 Å². The molecular formula is C18H47N5O4. The van der Waals surface area contributed by atoms with Crippen molar-refractivity contribution >= 4 is 23.6 Å². The predicted molar refractivity (Wildman–Crippen MR) is 119 cm³/mol. The van der Waals surface area contributed by atoms with E-state index in [0.717, 1.165) is 0 Å². The largest absolute Gasteiger partial charge is 0.355 e. The molecule has 0 rings (SSSR count). The summed E-state index contributed by atoms with van der Waals surface area (Å²) in [5.41, 5.74) is 0. The minimum absolute atomic E-state index is 0. The molecule has 0 aliphatic heterocycles. The van der Waals surface area contributed by atoms with Crippen LogP contribution in [0.4, 0.5) is 0 Å². The molecule has 0 spiro atoms. The summed E-state index contributed by atoms with van der Waals surface area (Å²) in [4.78, 5) is 46.8. The highest BCUT2D eigenvalue weighted by Gasteiger charge is 2.24. The average molecular weight is 398 g/mol. The molecule has 0 aromatic carbocycles. The first-order valence-electron chi connectivity index (χ1n) is 8.62. The van der Waals surface area contributed by atoms with E-state index in [9.17, 15) is 19.2 Å². The Morgan fingerprint density at radius 1 is 0.815 bits per heavy atom. The molecule has 0 aromatic heterocycles. The van der Waals surface area contributed by atoms with Gasteiger partial charge >= 0.3 is 0 Å². The maximum Gasteiger partial charge on any atom is 0.243 e. The molecule has 0 saturated carbocycles. The van der Waals surface area contributed by atoms with Crippen LogP contribution in [-0.2, 0) is 19.2 Å². The Labute approximate surface area is 170 Å². The van der Waals surface area contributed by atoms with E-state index in [1.807, 2.05) is 6.92 Å². The number of amides is 4. The van der Waals surface area contributed by atoms with Crippen molar-refractivity contribution in [3.8, 4) is 0 Å². The third-order valence-corrected chi connectivity index (χ3v) is 3.04. The number of carbonyl (C=O) groups is 4. The number of carbonyl (C=O) groups excluding carboxylic acids is 4. The lowest BCUT2D eigenvalue weighted by Crippen LogP contribution is -2.53. The molecule has 0 bridgehead atoms. The third kappa shape index (κ3) is 15.5. The molecule has 27 heavy (non-hydrogen) atoms. The van der Waals surface area contributed by atoms with Gasteiger partial charge < -0.3 is 26.6 Å². The summed E-state index contributed by atoms with van der Waals surface area (Å²) in [6.45, 7) is 14.1. The van der Waals surface area contributed by atoms with Crippen LogP contribution in [0.2, 0.25) is 0 Å². The predicted octanol–water partition coefficient (Wildman–Crippen LogP) is 0.774. The van der Waals surface area contributed by atoms with E-state index in [0.29, 0.717) is 13.1 Å². The summed E-state index contributed by atoms with van der Waals surface area (Å²) < 4.78 is 0. The van der Waals surface area contributed by atoms with Crippen molar-refractivity contribution in [2.45, 2.75) is 41.2 Å². The summed E-state index contributed by atoms with van der Waals surface area (Å²) in [6, 6.07) is -0.780. The number of hydrogen-bond donors (Lipinski definition) is 5. The molecule has 0 unspecified atom stereocenters. The highest BCUT2D eigenvalue weighted by atomic mass is 16.2. The first-order chi connectivity index (χ1) is 12.3. The van der Waals surface area contributed by atoms with E-state index in [2.05, 4.69) is 39.7 Å². The van der Waals surface area contributed by atoms with Gasteiger partial charge in [-0.25, -0.2) is 0 Å². The molecule has 0 heterocycles. The van der Waals surface area contributed by atoms with Gasteiger partial charge in [-0.3, -0.25) is 19.2 Å². The van der Waals surface area contributed by atoms with E-state index in [1.165, 1.54) is 0 Å². The summed E-state index contributed by atoms with van der Waals surface area (Å²) >= 11 is 0. The highest BCUT2D eigenvalue weighted by Crippen LogP contribution is 2.01. The van der Waals surface area contributed by atoms with Gasteiger partial charge in [0.1, 0.15) is 6.04 Å². The first kappa shape index (κ1) is 29.3. The van der Waals surface area contributed by atoms with Crippen LogP contribution in [0.3, 0.4) is 0 Å². The van der Waals surface area contributed by atoms with E-state index in [-0.39, 0.29) is 51.9 Å². The van der Waals surface area contributed by atoms with Gasteiger partial charge in [-0.1, -0.05) is 28.2 Å². The van der Waals surface area contributed by atoms with Gasteiger partial charge in [0.2, 0.25) is 23.6 Å². The molecule has 0 aliphatic carbocycles. The fraction of sp³-hybridized carbons (Fsp3) is 0.667. The van der Waals surface area contributed by atoms with Crippen molar-refractivity contribution in [1.29, 1.82) is 0 Å². The van der Waals surface area contributed by atoms with Crippen LogP contribution in [0.5, 0.6) is 0 Å². The number of hydrogen-bond acceptors (Lipinski definition) is 5. The monoisotopic (exact) mass is 397 g/mol. The van der Waals surface area contributed by atoms with E-state index >= 15 is 0 Å². The molecule has 9 nitrogen and oxygen atoms in total. The minimum atomic E-state index is -0.780. The topological polar surface area (TPSA) is 128 Å². The highest BCUT2D eigenvalue weighted by molar-refractivity contribution is 5.92. The van der Waals surface area contributed by atoms with Crippen LogP contribution in [0, 0.1) is 5.92 Å². The van der Waals surface area contributed by atoms with Crippen LogP contribution in [0.25, 0.3) is 0 Å². The fourth-order valence-corrected chi connectivity index (χ4v) is 1.78. The second-order valence-electron chi connectivity index (χ2n) is 5.52. The van der Waals surface area contributed by atoms with E-state index in [4.69, 9.17) is 0 Å². The summed E-state index contributed by atoms with van der Waals surface area (Å²) in [5, 5.41) is 12.9. The quantitative estimate of drug-likeness (QED) is 0.329. The van der Waals surface area contributed by atoms with Crippen molar-refractivity contribution in [2.75, 3.05) is 32.7 Å². The zero-order valence-corrected chi connectivity index (χ0v) is 16.2. The molecule has 0 saturated heterocycles. The zero-order chi connectivity index (χ0) is 20.5. The van der Waals surface area contributed by atoms with Crippen molar-refractivity contribution in [2.24, 2.45) is 5.92 Å². The van der Waals surface area contributed by atoms with Crippen LogP contribution < -0.4 is 26.6 Å². The van der Waals surface area contributed by atoms with Gasteiger partial charge in [0.05, 0.1) is 19.6 Å². The second kappa shape index (κ2) is 18.4. The smallest absolute Gasteiger partial charge is 0.243 e. The Kier molecular flexibility index (Phi) is 20.0. The molecule has 0 radical (unpaired) electrons. The Balaban J connectivity index is -0.000000116. The Morgan fingerprint density at radius 3 is 1.81 bits per heavy atom. The Bertz CT molecular complexity index is 475. The molecule has 0 aliphatic rings. The van der Waals surface area contributed by atoms with Crippen molar-refractivity contribution in [1.82, 2.24) is 26.6 Å². The van der Waals surface area contributed by atoms with Crippen LogP contribution in [0.15, 0.2) is 13.2 Å². The first-order valence-corrected chi connectivity index (χ1v) is 8.62. The SMILES string of the molecule is C.C=C.CCNCC(=O)NCC(=O)N[C@H](C(=O)NCC(=O)NCC)C(C)C.[HH].[HH].[HH].[HH].[HH]. The van der Waals surface area contributed by atoms with E-state index in [1.54, 1.807) is 20.8 Å². The number of rotatable bonds is 11. The molecular weight excluding hydrogens is 350 g/mol. The van der Waals surface area contributed by atoms with Gasteiger partial charge in [0.15, 0.2) is 0 Å². The molecule has 0 aromatic rings. The van der Waals surface area contributed by atoms with Crippen molar-refractivity contribution < 1.29 is 26.3 Å². The lowest BCUT2D eigenvalue weighted by molar-refractivity contribution is -0.131. The Hall–Kier alpha value is -2.42. The summed E-state index contributed by atoms with van der Waals surface area (Å²) in [5.74, 6) is -1.67. The average Bonchev–Trinajstić information content (AvgIpc) is 2.62. The molecule has 0 fully saturated rings. The van der Waals surface area contributed by atoms with Gasteiger partial charge in [-0.2, -0.15) is 0 Å². The lowest BCUT2D eigenvalue weighted by Gasteiger charge is -2.21. The van der Waals surface area contributed by atoms with Gasteiger partial charge in [0.25, 0.3) is 0 Å². The molecule has 168 valence electrons. The van der Waals surface area contributed by atoms with Gasteiger partial charge in [-0.05, 0) is 19.4 Å². The molecule has 4 amide bonds. The molecule has 1 atom stereocenters. The number of likely N-dealkylation sites (N-methyl/N-ethyl adjacent to an activating group) is 2. The number of nitrogens with one attached hydrogen (secondary N) is 5. The van der Waals surface area contributed by atoms with Gasteiger partial charge in [0, 0.05) is 13.7 Å². The molecule has 5 N–H and O–H groups in total. The van der Waals surface area contributed by atoms with Crippen LogP contribution >= 0.6 is 0 Å². The van der Waals surface area contributed by atoms with Crippen molar-refractivity contribution in [3.63, 3.8) is 0 Å². The van der Waals surface area contributed by atoms with Crippen LogP contribution in [-0.4, -0.2) is 62.4 Å². The third-order valence-electron chi connectivity index (χ3n) is 3.04. The normalized spacial score (nSPS) is 10.4. The lowest BCUT2D eigenvalue weighted by atomic mass is 10.0. The minimum Gasteiger partial charge on any atom is -0.355 e. The van der Waals surface area contributed by atoms with Gasteiger partial charge in [-0.15, -0.1) is 13.2 Å². The molecule has 9 heteroatoms. The summed E-state index contributed by atoms with van der Waals surface area (Å²) in [6.07, 6.45) is 0. The Morgan fingerprint density at radius 2 is 1.33 bits per heavy atom.